The highest BCUT2D eigenvalue weighted by Crippen LogP contribution is 2.21. The van der Waals surface area contributed by atoms with E-state index in [1.165, 1.54) is 6.08 Å². The van der Waals surface area contributed by atoms with E-state index in [1.54, 1.807) is 18.2 Å². The number of para-hydroxylation sites is 1. The van der Waals surface area contributed by atoms with Crippen LogP contribution in [0.3, 0.4) is 0 Å². The molecular formula is C19H20ClNO2. The van der Waals surface area contributed by atoms with E-state index < -0.39 is 0 Å². The van der Waals surface area contributed by atoms with E-state index >= 15 is 0 Å². The van der Waals surface area contributed by atoms with Gasteiger partial charge in [-0.25, -0.2) is 0 Å². The van der Waals surface area contributed by atoms with Crippen molar-refractivity contribution in [2.24, 2.45) is 0 Å². The lowest BCUT2D eigenvalue weighted by Gasteiger charge is -2.08. The number of carbonyl (C=O) groups excluding carboxylic acids is 1. The van der Waals surface area contributed by atoms with E-state index in [0.717, 1.165) is 29.0 Å². The van der Waals surface area contributed by atoms with Crippen molar-refractivity contribution in [3.63, 3.8) is 0 Å². The maximum atomic E-state index is 12.1. The van der Waals surface area contributed by atoms with Crippen molar-refractivity contribution in [2.45, 2.75) is 20.3 Å². The summed E-state index contributed by atoms with van der Waals surface area (Å²) in [6, 6.07) is 13.0. The molecule has 4 heteroatoms. The lowest BCUT2D eigenvalue weighted by atomic mass is 10.1. The zero-order valence-corrected chi connectivity index (χ0v) is 14.1. The van der Waals surface area contributed by atoms with Gasteiger partial charge in [-0.1, -0.05) is 36.7 Å². The second-order valence-corrected chi connectivity index (χ2v) is 5.60. The van der Waals surface area contributed by atoms with Crippen LogP contribution < -0.4 is 10.1 Å². The van der Waals surface area contributed by atoms with Gasteiger partial charge in [0.2, 0.25) is 5.91 Å². The van der Waals surface area contributed by atoms with Crippen molar-refractivity contribution < 1.29 is 9.53 Å². The van der Waals surface area contributed by atoms with Crippen molar-refractivity contribution in [1.82, 2.24) is 0 Å². The summed E-state index contributed by atoms with van der Waals surface area (Å²) in [7, 11) is 0. The largest absolute Gasteiger partial charge is 0.493 e. The van der Waals surface area contributed by atoms with Crippen molar-refractivity contribution in [3.05, 3.63) is 64.7 Å². The highest BCUT2D eigenvalue weighted by atomic mass is 35.5. The van der Waals surface area contributed by atoms with Crippen LogP contribution in [0.5, 0.6) is 5.75 Å². The molecule has 0 atom stereocenters. The predicted molar refractivity (Wildman–Crippen MR) is 96.1 cm³/mol. The van der Waals surface area contributed by atoms with Gasteiger partial charge in [0.15, 0.2) is 0 Å². The Morgan fingerprint density at radius 2 is 2.04 bits per heavy atom. The van der Waals surface area contributed by atoms with Crippen LogP contribution in [0.4, 0.5) is 5.69 Å². The molecule has 0 aliphatic carbocycles. The molecule has 0 aromatic heterocycles. The lowest BCUT2D eigenvalue weighted by molar-refractivity contribution is -0.111. The van der Waals surface area contributed by atoms with E-state index in [1.807, 2.05) is 37.3 Å². The number of nitrogens with one attached hydrogen (secondary N) is 1. The van der Waals surface area contributed by atoms with Gasteiger partial charge in [-0.15, -0.1) is 0 Å². The molecule has 0 spiro atoms. The van der Waals surface area contributed by atoms with Crippen LogP contribution in [0.25, 0.3) is 6.08 Å². The second-order valence-electron chi connectivity index (χ2n) is 5.17. The summed E-state index contributed by atoms with van der Waals surface area (Å²) in [6.07, 6.45) is 4.20. The van der Waals surface area contributed by atoms with E-state index in [0.29, 0.717) is 11.6 Å². The zero-order chi connectivity index (χ0) is 16.7. The summed E-state index contributed by atoms with van der Waals surface area (Å²) < 4.78 is 5.67. The van der Waals surface area contributed by atoms with Gasteiger partial charge >= 0.3 is 0 Å². The number of carbonyl (C=O) groups is 1. The van der Waals surface area contributed by atoms with E-state index in [4.69, 9.17) is 16.3 Å². The van der Waals surface area contributed by atoms with Crippen LogP contribution in [-0.4, -0.2) is 12.5 Å². The number of aryl methyl sites for hydroxylation is 1. The molecule has 0 aliphatic rings. The first kappa shape index (κ1) is 17.1. The van der Waals surface area contributed by atoms with Gasteiger partial charge in [0, 0.05) is 22.3 Å². The zero-order valence-electron chi connectivity index (χ0n) is 13.3. The van der Waals surface area contributed by atoms with Crippen LogP contribution in [0.15, 0.2) is 48.5 Å². The number of amides is 1. The molecule has 1 amide bonds. The summed E-state index contributed by atoms with van der Waals surface area (Å²) in [6.45, 7) is 4.61. The number of hydrogen-bond donors (Lipinski definition) is 1. The second kappa shape index (κ2) is 8.39. The average Bonchev–Trinajstić information content (AvgIpc) is 2.54. The fraction of sp³-hybridized carbons (Fsp3) is 0.211. The Bertz CT molecular complexity index is 710. The maximum Gasteiger partial charge on any atom is 0.248 e. The van der Waals surface area contributed by atoms with Crippen molar-refractivity contribution in [1.29, 1.82) is 0 Å². The Morgan fingerprint density at radius 1 is 1.26 bits per heavy atom. The number of halogens is 1. The van der Waals surface area contributed by atoms with Crippen molar-refractivity contribution in [3.8, 4) is 5.75 Å². The van der Waals surface area contributed by atoms with Crippen LogP contribution >= 0.6 is 11.6 Å². The van der Waals surface area contributed by atoms with E-state index in [2.05, 4.69) is 12.2 Å². The molecule has 0 radical (unpaired) electrons. The molecule has 0 saturated carbocycles. The topological polar surface area (TPSA) is 38.3 Å². The predicted octanol–water partition coefficient (Wildman–Crippen LogP) is 5.09. The van der Waals surface area contributed by atoms with Gasteiger partial charge in [-0.2, -0.15) is 0 Å². The van der Waals surface area contributed by atoms with Gasteiger partial charge < -0.3 is 10.1 Å². The Hall–Kier alpha value is -2.26. The monoisotopic (exact) mass is 329 g/mol. The quantitative estimate of drug-likeness (QED) is 0.750. The minimum atomic E-state index is -0.194. The molecular weight excluding hydrogens is 310 g/mol. The third-order valence-electron chi connectivity index (χ3n) is 3.24. The van der Waals surface area contributed by atoms with Crippen LogP contribution in [0, 0.1) is 6.92 Å². The summed E-state index contributed by atoms with van der Waals surface area (Å²) in [4.78, 5) is 12.1. The SMILES string of the molecule is CCCOc1ccccc1C=CC(=O)Nc1ccc(Cl)cc1C. The van der Waals surface area contributed by atoms with Crippen LogP contribution in [0.2, 0.25) is 5.02 Å². The molecule has 23 heavy (non-hydrogen) atoms. The van der Waals surface area contributed by atoms with E-state index in [-0.39, 0.29) is 5.91 Å². The van der Waals surface area contributed by atoms with Gasteiger partial charge in [0.25, 0.3) is 0 Å². The normalized spacial score (nSPS) is 10.7. The number of benzene rings is 2. The minimum absolute atomic E-state index is 0.194. The Balaban J connectivity index is 2.06. The van der Waals surface area contributed by atoms with Gasteiger partial charge in [-0.05, 0) is 49.2 Å². The van der Waals surface area contributed by atoms with Gasteiger partial charge in [0.1, 0.15) is 5.75 Å². The van der Waals surface area contributed by atoms with Crippen LogP contribution in [0.1, 0.15) is 24.5 Å². The fourth-order valence-corrected chi connectivity index (χ4v) is 2.30. The Morgan fingerprint density at radius 3 is 2.78 bits per heavy atom. The molecule has 0 aliphatic heterocycles. The molecule has 3 nitrogen and oxygen atoms in total. The molecule has 0 fully saturated rings. The molecule has 120 valence electrons. The molecule has 1 N–H and O–H groups in total. The summed E-state index contributed by atoms with van der Waals surface area (Å²) >= 11 is 5.91. The highest BCUT2D eigenvalue weighted by Gasteiger charge is 2.03. The molecule has 0 heterocycles. The van der Waals surface area contributed by atoms with E-state index in [9.17, 15) is 4.79 Å². The molecule has 0 unspecified atom stereocenters. The first-order valence-electron chi connectivity index (χ1n) is 7.57. The van der Waals surface area contributed by atoms with Gasteiger partial charge in [0.05, 0.1) is 6.61 Å². The summed E-state index contributed by atoms with van der Waals surface area (Å²) in [5, 5.41) is 3.50. The first-order valence-corrected chi connectivity index (χ1v) is 7.95. The van der Waals surface area contributed by atoms with Crippen LogP contribution in [-0.2, 0) is 4.79 Å². The molecule has 0 bridgehead atoms. The minimum Gasteiger partial charge on any atom is -0.493 e. The molecule has 2 aromatic carbocycles. The summed E-state index contributed by atoms with van der Waals surface area (Å²) in [5.74, 6) is 0.585. The Labute approximate surface area is 141 Å². The average molecular weight is 330 g/mol. The van der Waals surface area contributed by atoms with Crippen molar-refractivity contribution >= 4 is 29.3 Å². The number of ether oxygens (including phenoxy) is 1. The molecule has 0 saturated heterocycles. The third-order valence-corrected chi connectivity index (χ3v) is 3.48. The number of rotatable bonds is 6. The standard InChI is InChI=1S/C19H20ClNO2/c1-3-12-23-18-7-5-4-6-15(18)8-11-19(22)21-17-10-9-16(20)13-14(17)2/h4-11,13H,3,12H2,1-2H3,(H,21,22). The maximum absolute atomic E-state index is 12.1. The number of anilines is 1. The first-order chi connectivity index (χ1) is 11.1. The third kappa shape index (κ3) is 5.15. The van der Waals surface area contributed by atoms with Gasteiger partial charge in [-0.3, -0.25) is 4.79 Å². The van der Waals surface area contributed by atoms with Crippen molar-refractivity contribution in [2.75, 3.05) is 11.9 Å². The fourth-order valence-electron chi connectivity index (χ4n) is 2.07. The highest BCUT2D eigenvalue weighted by molar-refractivity contribution is 6.30. The molecule has 2 aromatic rings. The Kier molecular flexibility index (Phi) is 6.24. The lowest BCUT2D eigenvalue weighted by Crippen LogP contribution is -2.08. The smallest absolute Gasteiger partial charge is 0.248 e. The summed E-state index contributed by atoms with van der Waals surface area (Å²) in [5.41, 5.74) is 2.55. The number of hydrogen-bond acceptors (Lipinski definition) is 2. The molecule has 2 rings (SSSR count).